The van der Waals surface area contributed by atoms with Crippen LogP contribution in [0.4, 0.5) is 0 Å². The van der Waals surface area contributed by atoms with Crippen LogP contribution < -0.4 is 5.32 Å². The first-order chi connectivity index (χ1) is 9.80. The SMILES string of the molecule is CCOC1(c2ncc(CNCCOC)cn2)CCCC1. The number of methoxy groups -OCH3 is 1. The predicted octanol–water partition coefficient (Wildman–Crippen LogP) is 2.02. The molecule has 1 fully saturated rings. The fourth-order valence-electron chi connectivity index (χ4n) is 2.74. The Kier molecular flexibility index (Phi) is 5.88. The van der Waals surface area contributed by atoms with Crippen molar-refractivity contribution in [2.45, 2.75) is 44.8 Å². The van der Waals surface area contributed by atoms with Gasteiger partial charge in [0.1, 0.15) is 5.60 Å². The molecule has 0 radical (unpaired) electrons. The molecule has 2 rings (SSSR count). The lowest BCUT2D eigenvalue weighted by Crippen LogP contribution is -2.29. The molecule has 1 aromatic heterocycles. The predicted molar refractivity (Wildman–Crippen MR) is 77.4 cm³/mol. The van der Waals surface area contributed by atoms with E-state index in [1.807, 2.05) is 19.3 Å². The molecule has 1 aliphatic carbocycles. The van der Waals surface area contributed by atoms with Crippen molar-refractivity contribution in [1.82, 2.24) is 15.3 Å². The van der Waals surface area contributed by atoms with Crippen LogP contribution in [0.5, 0.6) is 0 Å². The summed E-state index contributed by atoms with van der Waals surface area (Å²) in [5.74, 6) is 0.845. The minimum absolute atomic E-state index is 0.239. The van der Waals surface area contributed by atoms with E-state index in [1.165, 1.54) is 12.8 Å². The molecule has 1 saturated carbocycles. The van der Waals surface area contributed by atoms with Crippen LogP contribution in [0.25, 0.3) is 0 Å². The van der Waals surface area contributed by atoms with Gasteiger partial charge in [0, 0.05) is 44.8 Å². The largest absolute Gasteiger partial charge is 0.383 e. The second kappa shape index (κ2) is 7.67. The van der Waals surface area contributed by atoms with Crippen LogP contribution in [0, 0.1) is 0 Å². The van der Waals surface area contributed by atoms with Crippen molar-refractivity contribution < 1.29 is 9.47 Å². The Bertz CT molecular complexity index is 389. The van der Waals surface area contributed by atoms with Gasteiger partial charge in [0.25, 0.3) is 0 Å². The van der Waals surface area contributed by atoms with Crippen molar-refractivity contribution in [3.8, 4) is 0 Å². The fourth-order valence-corrected chi connectivity index (χ4v) is 2.74. The fraction of sp³-hybridized carbons (Fsp3) is 0.733. The zero-order valence-electron chi connectivity index (χ0n) is 12.5. The summed E-state index contributed by atoms with van der Waals surface area (Å²) in [4.78, 5) is 9.09. The molecule has 0 unspecified atom stereocenters. The van der Waals surface area contributed by atoms with Crippen LogP contribution in [-0.4, -0.2) is 36.8 Å². The molecule has 0 aliphatic heterocycles. The van der Waals surface area contributed by atoms with E-state index in [4.69, 9.17) is 9.47 Å². The first kappa shape index (κ1) is 15.4. The third-order valence-corrected chi connectivity index (χ3v) is 3.76. The van der Waals surface area contributed by atoms with Gasteiger partial charge >= 0.3 is 0 Å². The summed E-state index contributed by atoms with van der Waals surface area (Å²) < 4.78 is 11.0. The number of rotatable bonds is 8. The van der Waals surface area contributed by atoms with Gasteiger partial charge in [-0.3, -0.25) is 0 Å². The Labute approximate surface area is 121 Å². The van der Waals surface area contributed by atoms with Crippen LogP contribution in [0.3, 0.4) is 0 Å². The summed E-state index contributed by atoms with van der Waals surface area (Å²) in [5, 5.41) is 3.29. The summed E-state index contributed by atoms with van der Waals surface area (Å²) in [6.07, 6.45) is 8.27. The molecule has 0 aromatic carbocycles. The zero-order chi connectivity index (χ0) is 14.3. The second-order valence-corrected chi connectivity index (χ2v) is 5.22. The van der Waals surface area contributed by atoms with Gasteiger partial charge in [-0.1, -0.05) is 0 Å². The third-order valence-electron chi connectivity index (χ3n) is 3.76. The van der Waals surface area contributed by atoms with Crippen molar-refractivity contribution >= 4 is 0 Å². The molecule has 0 atom stereocenters. The van der Waals surface area contributed by atoms with E-state index >= 15 is 0 Å². The molecule has 112 valence electrons. The summed E-state index contributed by atoms with van der Waals surface area (Å²) in [6.45, 7) is 5.07. The molecule has 1 aromatic rings. The lowest BCUT2D eigenvalue weighted by molar-refractivity contribution is -0.0457. The Balaban J connectivity index is 1.96. The number of aromatic nitrogens is 2. The highest BCUT2D eigenvalue weighted by Gasteiger charge is 2.38. The van der Waals surface area contributed by atoms with E-state index in [9.17, 15) is 0 Å². The van der Waals surface area contributed by atoms with Gasteiger partial charge in [0.2, 0.25) is 0 Å². The first-order valence-electron chi connectivity index (χ1n) is 7.46. The van der Waals surface area contributed by atoms with E-state index in [0.29, 0.717) is 13.2 Å². The van der Waals surface area contributed by atoms with Gasteiger partial charge in [0.15, 0.2) is 5.82 Å². The molecule has 1 heterocycles. The second-order valence-electron chi connectivity index (χ2n) is 5.22. The summed E-state index contributed by atoms with van der Waals surface area (Å²) in [7, 11) is 1.70. The summed E-state index contributed by atoms with van der Waals surface area (Å²) >= 11 is 0. The smallest absolute Gasteiger partial charge is 0.160 e. The standard InChI is InChI=1S/C15H25N3O2/c1-3-20-15(6-4-5-7-15)14-17-11-13(12-18-14)10-16-8-9-19-2/h11-12,16H,3-10H2,1-2H3. The van der Waals surface area contributed by atoms with E-state index < -0.39 is 0 Å². The molecule has 0 amide bonds. The van der Waals surface area contributed by atoms with Crippen molar-refractivity contribution in [1.29, 1.82) is 0 Å². The quantitative estimate of drug-likeness (QED) is 0.738. The maximum absolute atomic E-state index is 5.97. The Morgan fingerprint density at radius 3 is 2.55 bits per heavy atom. The Morgan fingerprint density at radius 1 is 1.25 bits per heavy atom. The van der Waals surface area contributed by atoms with Crippen molar-refractivity contribution in [3.63, 3.8) is 0 Å². The highest BCUT2D eigenvalue weighted by Crippen LogP contribution is 2.40. The summed E-state index contributed by atoms with van der Waals surface area (Å²) in [6, 6.07) is 0. The first-order valence-corrected chi connectivity index (χ1v) is 7.46. The van der Waals surface area contributed by atoms with Crippen molar-refractivity contribution in [2.75, 3.05) is 26.9 Å². The minimum Gasteiger partial charge on any atom is -0.383 e. The summed E-state index contributed by atoms with van der Waals surface area (Å²) in [5.41, 5.74) is 0.853. The lowest BCUT2D eigenvalue weighted by atomic mass is 10.0. The number of ether oxygens (including phenoxy) is 2. The molecule has 0 spiro atoms. The van der Waals surface area contributed by atoms with Crippen molar-refractivity contribution in [2.24, 2.45) is 0 Å². The lowest BCUT2D eigenvalue weighted by Gasteiger charge is -2.27. The van der Waals surface area contributed by atoms with Crippen LogP contribution in [0.1, 0.15) is 44.0 Å². The molecule has 5 nitrogen and oxygen atoms in total. The van der Waals surface area contributed by atoms with Gasteiger partial charge in [-0.2, -0.15) is 0 Å². The van der Waals surface area contributed by atoms with E-state index in [0.717, 1.165) is 37.3 Å². The average Bonchev–Trinajstić information content (AvgIpc) is 2.94. The molecule has 1 N–H and O–H groups in total. The monoisotopic (exact) mass is 279 g/mol. The maximum atomic E-state index is 5.97. The van der Waals surface area contributed by atoms with Crippen LogP contribution >= 0.6 is 0 Å². The van der Waals surface area contributed by atoms with Gasteiger partial charge in [-0.05, 0) is 32.6 Å². The third kappa shape index (κ3) is 3.75. The molecule has 1 aliphatic rings. The van der Waals surface area contributed by atoms with Crippen LogP contribution in [-0.2, 0) is 21.6 Å². The minimum atomic E-state index is -0.239. The highest BCUT2D eigenvalue weighted by atomic mass is 16.5. The van der Waals surface area contributed by atoms with E-state index in [-0.39, 0.29) is 5.60 Å². The average molecular weight is 279 g/mol. The Morgan fingerprint density at radius 2 is 1.95 bits per heavy atom. The number of nitrogens with one attached hydrogen (secondary N) is 1. The van der Waals surface area contributed by atoms with Crippen LogP contribution in [0.15, 0.2) is 12.4 Å². The van der Waals surface area contributed by atoms with Gasteiger partial charge < -0.3 is 14.8 Å². The molecule has 20 heavy (non-hydrogen) atoms. The van der Waals surface area contributed by atoms with Crippen molar-refractivity contribution in [3.05, 3.63) is 23.8 Å². The molecule has 0 saturated heterocycles. The van der Waals surface area contributed by atoms with E-state index in [1.54, 1.807) is 7.11 Å². The molecular formula is C15H25N3O2. The van der Waals surface area contributed by atoms with Gasteiger partial charge in [-0.25, -0.2) is 9.97 Å². The van der Waals surface area contributed by atoms with Gasteiger partial charge in [-0.15, -0.1) is 0 Å². The van der Waals surface area contributed by atoms with E-state index in [2.05, 4.69) is 15.3 Å². The zero-order valence-corrected chi connectivity index (χ0v) is 12.5. The maximum Gasteiger partial charge on any atom is 0.160 e. The Hall–Kier alpha value is -1.04. The number of hydrogen-bond acceptors (Lipinski definition) is 5. The number of nitrogens with zero attached hydrogens (tertiary/aromatic N) is 2. The normalized spacial score (nSPS) is 17.5. The number of hydrogen-bond donors (Lipinski definition) is 1. The molecular weight excluding hydrogens is 254 g/mol. The van der Waals surface area contributed by atoms with Gasteiger partial charge in [0.05, 0.1) is 6.61 Å². The topological polar surface area (TPSA) is 56.3 Å². The molecule has 0 bridgehead atoms. The highest BCUT2D eigenvalue weighted by molar-refractivity contribution is 5.11. The molecule has 5 heteroatoms. The van der Waals surface area contributed by atoms with Crippen LogP contribution in [0.2, 0.25) is 0 Å².